The van der Waals surface area contributed by atoms with Crippen molar-refractivity contribution in [2.24, 2.45) is 0 Å². The van der Waals surface area contributed by atoms with Gasteiger partial charge in [-0.25, -0.2) is 14.4 Å². The Kier molecular flexibility index (Phi) is 5.20. The highest BCUT2D eigenvalue weighted by Gasteiger charge is 2.17. The van der Waals surface area contributed by atoms with E-state index in [9.17, 15) is 9.18 Å². The summed E-state index contributed by atoms with van der Waals surface area (Å²) in [5.74, 6) is -0.0861. The van der Waals surface area contributed by atoms with E-state index < -0.39 is 0 Å². The molecule has 23 heavy (non-hydrogen) atoms. The summed E-state index contributed by atoms with van der Waals surface area (Å²) in [6.07, 6.45) is 2.82. The molecule has 0 radical (unpaired) electrons. The third kappa shape index (κ3) is 4.48. The molecule has 1 N–H and O–H groups in total. The van der Waals surface area contributed by atoms with Gasteiger partial charge < -0.3 is 10.2 Å². The second kappa shape index (κ2) is 7.31. The van der Waals surface area contributed by atoms with Crippen molar-refractivity contribution in [3.05, 3.63) is 53.6 Å². The summed E-state index contributed by atoms with van der Waals surface area (Å²) in [7, 11) is 1.68. The van der Waals surface area contributed by atoms with Gasteiger partial charge >= 0.3 is 0 Å². The number of nitriles is 1. The number of likely N-dealkylation sites (N-methyl/N-ethyl adjacent to an activating group) is 1. The smallest absolute Gasteiger partial charge is 0.223 e. The van der Waals surface area contributed by atoms with Crippen molar-refractivity contribution >= 4 is 11.9 Å². The van der Waals surface area contributed by atoms with Crippen LogP contribution < -0.4 is 5.32 Å². The Morgan fingerprint density at radius 2 is 1.96 bits per heavy atom. The maximum atomic E-state index is 13.1. The molecule has 1 heterocycles. The number of nitrogens with zero attached hydrogens (tertiary/aromatic N) is 4. The Labute approximate surface area is 133 Å². The van der Waals surface area contributed by atoms with E-state index in [4.69, 9.17) is 5.26 Å². The first-order valence-corrected chi connectivity index (χ1v) is 6.95. The van der Waals surface area contributed by atoms with Crippen LogP contribution in [0.2, 0.25) is 0 Å². The molecule has 1 aromatic carbocycles. The number of hydrogen-bond donors (Lipinski definition) is 1. The van der Waals surface area contributed by atoms with E-state index in [2.05, 4.69) is 15.3 Å². The molecular formula is C16H16FN5O. The summed E-state index contributed by atoms with van der Waals surface area (Å²) in [5, 5.41) is 11.9. The summed E-state index contributed by atoms with van der Waals surface area (Å²) in [6, 6.07) is 7.64. The van der Waals surface area contributed by atoms with Crippen LogP contribution in [-0.2, 0) is 4.79 Å². The average molecular weight is 313 g/mol. The molecule has 7 heteroatoms. The second-order valence-electron chi connectivity index (χ2n) is 5.06. The number of carbonyl (C=O) groups excluding carboxylic acids is 1. The van der Waals surface area contributed by atoms with Crippen LogP contribution in [0.4, 0.5) is 10.3 Å². The van der Waals surface area contributed by atoms with E-state index in [1.807, 2.05) is 6.07 Å². The number of aromatic nitrogens is 2. The van der Waals surface area contributed by atoms with Crippen LogP contribution in [0.3, 0.4) is 0 Å². The zero-order valence-electron chi connectivity index (χ0n) is 12.8. The van der Waals surface area contributed by atoms with Crippen molar-refractivity contribution in [2.75, 3.05) is 18.9 Å². The van der Waals surface area contributed by atoms with E-state index in [1.54, 1.807) is 24.1 Å². The molecule has 0 bridgehead atoms. The zero-order chi connectivity index (χ0) is 16.8. The largest absolute Gasteiger partial charge is 0.346 e. The molecule has 1 amide bonds. The fourth-order valence-electron chi connectivity index (χ4n) is 1.95. The number of hydrogen-bond acceptors (Lipinski definition) is 5. The Balaban J connectivity index is 2.23. The van der Waals surface area contributed by atoms with Gasteiger partial charge in [0.15, 0.2) is 0 Å². The van der Waals surface area contributed by atoms with E-state index in [-0.39, 0.29) is 17.8 Å². The van der Waals surface area contributed by atoms with Crippen molar-refractivity contribution < 1.29 is 9.18 Å². The van der Waals surface area contributed by atoms with Crippen molar-refractivity contribution in [1.29, 1.82) is 5.26 Å². The lowest BCUT2D eigenvalue weighted by molar-refractivity contribution is -0.127. The monoisotopic (exact) mass is 313 g/mol. The van der Waals surface area contributed by atoms with Crippen LogP contribution in [-0.4, -0.2) is 34.4 Å². The SMILES string of the molecule is CC(=O)N(C)CC(Nc1ncc(C#N)cn1)c1ccc(F)cc1. The highest BCUT2D eigenvalue weighted by molar-refractivity contribution is 5.73. The molecule has 0 aliphatic carbocycles. The Hall–Kier alpha value is -3.01. The molecule has 0 aliphatic heterocycles. The van der Waals surface area contributed by atoms with Crippen molar-refractivity contribution in [3.63, 3.8) is 0 Å². The topological polar surface area (TPSA) is 81.9 Å². The number of carbonyl (C=O) groups is 1. The molecule has 0 aliphatic rings. The fraction of sp³-hybridized carbons (Fsp3) is 0.250. The zero-order valence-corrected chi connectivity index (χ0v) is 12.8. The minimum Gasteiger partial charge on any atom is -0.346 e. The minimum absolute atomic E-state index is 0.0836. The first kappa shape index (κ1) is 16.4. The molecule has 118 valence electrons. The van der Waals surface area contributed by atoms with Crippen LogP contribution >= 0.6 is 0 Å². The number of halogens is 1. The molecule has 1 unspecified atom stereocenters. The predicted octanol–water partition coefficient (Wildman–Crippen LogP) is 2.12. The molecule has 0 fully saturated rings. The quantitative estimate of drug-likeness (QED) is 0.914. The third-order valence-electron chi connectivity index (χ3n) is 3.35. The lowest BCUT2D eigenvalue weighted by Crippen LogP contribution is -2.32. The Bertz CT molecular complexity index is 709. The summed E-state index contributed by atoms with van der Waals surface area (Å²) < 4.78 is 13.1. The van der Waals surface area contributed by atoms with Crippen molar-refractivity contribution in [1.82, 2.24) is 14.9 Å². The van der Waals surface area contributed by atoms with Crippen molar-refractivity contribution in [3.8, 4) is 6.07 Å². The molecule has 1 atom stereocenters. The Morgan fingerprint density at radius 1 is 1.35 bits per heavy atom. The standard InChI is InChI=1S/C16H16FN5O/c1-11(23)22(2)10-15(13-3-5-14(17)6-4-13)21-16-19-8-12(7-18)9-20-16/h3-6,8-9,15H,10H2,1-2H3,(H,19,20,21). The van der Waals surface area contributed by atoms with Gasteiger partial charge in [0.05, 0.1) is 24.0 Å². The van der Waals surface area contributed by atoms with E-state index in [1.165, 1.54) is 31.5 Å². The third-order valence-corrected chi connectivity index (χ3v) is 3.35. The summed E-state index contributed by atoms with van der Waals surface area (Å²) >= 11 is 0. The summed E-state index contributed by atoms with van der Waals surface area (Å²) in [6.45, 7) is 1.84. The second-order valence-corrected chi connectivity index (χ2v) is 5.06. The Morgan fingerprint density at radius 3 is 2.48 bits per heavy atom. The lowest BCUT2D eigenvalue weighted by Gasteiger charge is -2.24. The van der Waals surface area contributed by atoms with Crippen molar-refractivity contribution in [2.45, 2.75) is 13.0 Å². The summed E-state index contributed by atoms with van der Waals surface area (Å²) in [4.78, 5) is 21.1. The molecule has 1 aromatic heterocycles. The fourth-order valence-corrected chi connectivity index (χ4v) is 1.95. The molecule has 2 rings (SSSR count). The molecule has 0 saturated heterocycles. The first-order chi connectivity index (χ1) is 11.0. The molecule has 0 saturated carbocycles. The van der Waals surface area contributed by atoms with Crippen LogP contribution in [0.15, 0.2) is 36.7 Å². The van der Waals surface area contributed by atoms with Gasteiger partial charge in [0, 0.05) is 20.5 Å². The highest BCUT2D eigenvalue weighted by Crippen LogP contribution is 2.19. The number of benzene rings is 1. The number of anilines is 1. The van der Waals surface area contributed by atoms with Gasteiger partial charge in [0.25, 0.3) is 0 Å². The average Bonchev–Trinajstić information content (AvgIpc) is 2.55. The van der Waals surface area contributed by atoms with E-state index in [0.29, 0.717) is 18.1 Å². The minimum atomic E-state index is -0.331. The number of nitrogens with one attached hydrogen (secondary N) is 1. The van der Waals surface area contributed by atoms with Gasteiger partial charge in [-0.1, -0.05) is 12.1 Å². The maximum Gasteiger partial charge on any atom is 0.223 e. The normalized spacial score (nSPS) is 11.4. The number of rotatable bonds is 5. The van der Waals surface area contributed by atoms with Gasteiger partial charge in [-0.2, -0.15) is 5.26 Å². The molecule has 0 spiro atoms. The lowest BCUT2D eigenvalue weighted by atomic mass is 10.1. The van der Waals surface area contributed by atoms with Gasteiger partial charge in [-0.15, -0.1) is 0 Å². The molecule has 6 nitrogen and oxygen atoms in total. The van der Waals surface area contributed by atoms with Gasteiger partial charge in [-0.05, 0) is 17.7 Å². The van der Waals surface area contributed by atoms with E-state index >= 15 is 0 Å². The van der Waals surface area contributed by atoms with Crippen LogP contribution in [0.5, 0.6) is 0 Å². The predicted molar refractivity (Wildman–Crippen MR) is 82.8 cm³/mol. The van der Waals surface area contributed by atoms with Gasteiger partial charge in [0.1, 0.15) is 11.9 Å². The van der Waals surface area contributed by atoms with Gasteiger partial charge in [0.2, 0.25) is 11.9 Å². The maximum absolute atomic E-state index is 13.1. The summed E-state index contributed by atoms with van der Waals surface area (Å²) in [5.41, 5.74) is 1.15. The van der Waals surface area contributed by atoms with Gasteiger partial charge in [-0.3, -0.25) is 4.79 Å². The number of amides is 1. The highest BCUT2D eigenvalue weighted by atomic mass is 19.1. The van der Waals surface area contributed by atoms with Crippen LogP contribution in [0, 0.1) is 17.1 Å². The van der Waals surface area contributed by atoms with Crippen LogP contribution in [0.1, 0.15) is 24.1 Å². The van der Waals surface area contributed by atoms with Crippen LogP contribution in [0.25, 0.3) is 0 Å². The molecule has 2 aromatic rings. The molecular weight excluding hydrogens is 297 g/mol. The first-order valence-electron chi connectivity index (χ1n) is 6.95. The van der Waals surface area contributed by atoms with E-state index in [0.717, 1.165) is 5.56 Å².